The smallest absolute Gasteiger partial charge is 0.0589 e. The number of methoxy groups -OCH3 is 1. The van der Waals surface area contributed by atoms with Gasteiger partial charge in [-0.15, -0.1) is 0 Å². The van der Waals surface area contributed by atoms with Crippen molar-refractivity contribution in [2.75, 3.05) is 32.5 Å². The average molecular weight is 220 g/mol. The quantitative estimate of drug-likeness (QED) is 0.789. The van der Waals surface area contributed by atoms with Gasteiger partial charge in [-0.25, -0.2) is 0 Å². The van der Waals surface area contributed by atoms with Crippen LogP contribution < -0.4 is 5.73 Å². The maximum Gasteiger partial charge on any atom is 0.0589 e. The summed E-state index contributed by atoms with van der Waals surface area (Å²) in [6, 6.07) is 8.82. The van der Waals surface area contributed by atoms with Crippen LogP contribution in [-0.4, -0.2) is 31.7 Å². The molecule has 0 amide bonds. The van der Waals surface area contributed by atoms with Crippen LogP contribution in [0.15, 0.2) is 24.3 Å². The molecule has 1 aromatic carbocycles. The summed E-state index contributed by atoms with van der Waals surface area (Å²) in [6.07, 6.45) is 2.52. The van der Waals surface area contributed by atoms with Crippen LogP contribution in [0.25, 0.3) is 0 Å². The number of rotatable bonds is 4. The standard InChI is InChI=1S/C13H20N2O/c1-16-10-9-15-8-2-3-13(15)11-4-6-12(14)7-5-11/h4-7,13H,2-3,8-10,14H2,1H3. The normalized spacial score (nSPS) is 21.4. The highest BCUT2D eigenvalue weighted by atomic mass is 16.5. The van der Waals surface area contributed by atoms with Gasteiger partial charge in [-0.1, -0.05) is 12.1 Å². The molecule has 1 aromatic rings. The second-order valence-electron chi connectivity index (χ2n) is 4.35. The lowest BCUT2D eigenvalue weighted by atomic mass is 10.0. The van der Waals surface area contributed by atoms with Crippen molar-refractivity contribution < 1.29 is 4.74 Å². The van der Waals surface area contributed by atoms with Crippen molar-refractivity contribution in [3.05, 3.63) is 29.8 Å². The lowest BCUT2D eigenvalue weighted by Gasteiger charge is -2.24. The molecule has 0 aromatic heterocycles. The van der Waals surface area contributed by atoms with E-state index in [-0.39, 0.29) is 0 Å². The molecule has 0 radical (unpaired) electrons. The number of likely N-dealkylation sites (tertiary alicyclic amines) is 1. The number of hydrogen-bond acceptors (Lipinski definition) is 3. The van der Waals surface area contributed by atoms with Crippen LogP contribution in [0, 0.1) is 0 Å². The van der Waals surface area contributed by atoms with Gasteiger partial charge in [-0.3, -0.25) is 4.90 Å². The number of anilines is 1. The van der Waals surface area contributed by atoms with E-state index in [1.54, 1.807) is 7.11 Å². The van der Waals surface area contributed by atoms with Gasteiger partial charge in [0.2, 0.25) is 0 Å². The highest BCUT2D eigenvalue weighted by Crippen LogP contribution is 2.31. The molecule has 1 atom stereocenters. The van der Waals surface area contributed by atoms with Crippen LogP contribution >= 0.6 is 0 Å². The summed E-state index contributed by atoms with van der Waals surface area (Å²) < 4.78 is 5.15. The predicted octanol–water partition coefficient (Wildman–Crippen LogP) is 2.05. The molecular formula is C13H20N2O. The molecule has 1 heterocycles. The number of ether oxygens (including phenoxy) is 1. The van der Waals surface area contributed by atoms with E-state index in [1.165, 1.54) is 24.9 Å². The van der Waals surface area contributed by atoms with Gasteiger partial charge in [0.05, 0.1) is 6.61 Å². The molecule has 3 nitrogen and oxygen atoms in total. The van der Waals surface area contributed by atoms with Gasteiger partial charge in [-0.05, 0) is 37.1 Å². The Morgan fingerprint density at radius 3 is 2.81 bits per heavy atom. The maximum absolute atomic E-state index is 5.71. The van der Waals surface area contributed by atoms with Gasteiger partial charge in [-0.2, -0.15) is 0 Å². The molecule has 0 bridgehead atoms. The summed E-state index contributed by atoms with van der Waals surface area (Å²) >= 11 is 0. The Bertz CT molecular complexity index is 323. The van der Waals surface area contributed by atoms with E-state index in [2.05, 4.69) is 17.0 Å². The summed E-state index contributed by atoms with van der Waals surface area (Å²) in [7, 11) is 1.76. The first kappa shape index (κ1) is 11.4. The molecule has 0 aliphatic carbocycles. The number of benzene rings is 1. The molecule has 0 spiro atoms. The number of nitrogens with two attached hydrogens (primary N) is 1. The Balaban J connectivity index is 2.04. The van der Waals surface area contributed by atoms with Gasteiger partial charge in [0.1, 0.15) is 0 Å². The van der Waals surface area contributed by atoms with Gasteiger partial charge < -0.3 is 10.5 Å². The zero-order valence-corrected chi connectivity index (χ0v) is 9.86. The molecule has 88 valence electrons. The van der Waals surface area contributed by atoms with Gasteiger partial charge in [0, 0.05) is 25.4 Å². The highest BCUT2D eigenvalue weighted by molar-refractivity contribution is 5.40. The zero-order valence-electron chi connectivity index (χ0n) is 9.86. The van der Waals surface area contributed by atoms with E-state index in [0.29, 0.717) is 6.04 Å². The van der Waals surface area contributed by atoms with Crippen LogP contribution in [-0.2, 0) is 4.74 Å². The zero-order chi connectivity index (χ0) is 11.4. The molecule has 16 heavy (non-hydrogen) atoms. The van der Waals surface area contributed by atoms with Crippen LogP contribution in [0.3, 0.4) is 0 Å². The third-order valence-corrected chi connectivity index (χ3v) is 3.27. The van der Waals surface area contributed by atoms with Crippen molar-refractivity contribution in [3.63, 3.8) is 0 Å². The molecule has 1 fully saturated rings. The van der Waals surface area contributed by atoms with Gasteiger partial charge in [0.25, 0.3) is 0 Å². The molecule has 1 aliphatic heterocycles. The summed E-state index contributed by atoms with van der Waals surface area (Å²) in [5.41, 5.74) is 7.92. The number of hydrogen-bond donors (Lipinski definition) is 1. The van der Waals surface area contributed by atoms with E-state index in [0.717, 1.165) is 18.8 Å². The van der Waals surface area contributed by atoms with Crippen LogP contribution in [0.2, 0.25) is 0 Å². The molecule has 0 saturated carbocycles. The van der Waals surface area contributed by atoms with Crippen LogP contribution in [0.5, 0.6) is 0 Å². The van der Waals surface area contributed by atoms with E-state index in [4.69, 9.17) is 10.5 Å². The second kappa shape index (κ2) is 5.32. The van der Waals surface area contributed by atoms with Crippen molar-refractivity contribution in [2.24, 2.45) is 0 Å². The summed E-state index contributed by atoms with van der Waals surface area (Å²) in [5.74, 6) is 0. The van der Waals surface area contributed by atoms with Crippen molar-refractivity contribution in [1.82, 2.24) is 4.90 Å². The minimum absolute atomic E-state index is 0.552. The first-order valence-corrected chi connectivity index (χ1v) is 5.89. The summed E-state index contributed by atoms with van der Waals surface area (Å²) in [6.45, 7) is 3.01. The van der Waals surface area contributed by atoms with E-state index >= 15 is 0 Å². The SMILES string of the molecule is COCCN1CCCC1c1ccc(N)cc1. The van der Waals surface area contributed by atoms with E-state index in [9.17, 15) is 0 Å². The highest BCUT2D eigenvalue weighted by Gasteiger charge is 2.25. The average Bonchev–Trinajstić information content (AvgIpc) is 2.75. The Morgan fingerprint density at radius 1 is 1.38 bits per heavy atom. The molecular weight excluding hydrogens is 200 g/mol. The number of nitrogen functional groups attached to an aromatic ring is 1. The van der Waals surface area contributed by atoms with Crippen molar-refractivity contribution in [1.29, 1.82) is 0 Å². The van der Waals surface area contributed by atoms with Crippen LogP contribution in [0.1, 0.15) is 24.4 Å². The fourth-order valence-corrected chi connectivity index (χ4v) is 2.40. The lowest BCUT2D eigenvalue weighted by molar-refractivity contribution is 0.141. The Labute approximate surface area is 97.2 Å². The van der Waals surface area contributed by atoms with Crippen molar-refractivity contribution in [3.8, 4) is 0 Å². The van der Waals surface area contributed by atoms with E-state index < -0.39 is 0 Å². The molecule has 2 rings (SSSR count). The fourth-order valence-electron chi connectivity index (χ4n) is 2.40. The molecule has 1 unspecified atom stereocenters. The monoisotopic (exact) mass is 220 g/mol. The van der Waals surface area contributed by atoms with Crippen molar-refractivity contribution in [2.45, 2.75) is 18.9 Å². The molecule has 1 aliphatic rings. The van der Waals surface area contributed by atoms with Crippen molar-refractivity contribution >= 4 is 5.69 Å². The lowest BCUT2D eigenvalue weighted by Crippen LogP contribution is -2.26. The minimum Gasteiger partial charge on any atom is -0.399 e. The predicted molar refractivity (Wildman–Crippen MR) is 66.3 cm³/mol. The second-order valence-corrected chi connectivity index (χ2v) is 4.35. The first-order valence-electron chi connectivity index (χ1n) is 5.89. The third-order valence-electron chi connectivity index (χ3n) is 3.27. The minimum atomic E-state index is 0.552. The van der Waals surface area contributed by atoms with E-state index in [1.807, 2.05) is 12.1 Å². The third kappa shape index (κ3) is 2.54. The largest absolute Gasteiger partial charge is 0.399 e. The van der Waals surface area contributed by atoms with Gasteiger partial charge in [0.15, 0.2) is 0 Å². The maximum atomic E-state index is 5.71. The Hall–Kier alpha value is -1.06. The van der Waals surface area contributed by atoms with Crippen LogP contribution in [0.4, 0.5) is 5.69 Å². The molecule has 3 heteroatoms. The van der Waals surface area contributed by atoms with Gasteiger partial charge >= 0.3 is 0 Å². The fraction of sp³-hybridized carbons (Fsp3) is 0.538. The number of nitrogens with zero attached hydrogens (tertiary/aromatic N) is 1. The topological polar surface area (TPSA) is 38.5 Å². The summed E-state index contributed by atoms with van der Waals surface area (Å²) in [4.78, 5) is 2.50. The Morgan fingerprint density at radius 2 is 2.12 bits per heavy atom. The Kier molecular flexibility index (Phi) is 3.80. The molecule has 2 N–H and O–H groups in total. The molecule has 1 saturated heterocycles. The summed E-state index contributed by atoms with van der Waals surface area (Å²) in [5, 5.41) is 0. The first-order chi connectivity index (χ1) is 7.81.